The van der Waals surface area contributed by atoms with Crippen molar-refractivity contribution in [3.05, 3.63) is 47.2 Å². The van der Waals surface area contributed by atoms with E-state index in [2.05, 4.69) is 16.8 Å². The minimum Gasteiger partial charge on any atom is -0.325 e. The zero-order chi connectivity index (χ0) is 23.2. The van der Waals surface area contributed by atoms with E-state index in [1.165, 1.54) is 0 Å². The first-order chi connectivity index (χ1) is 15.1. The number of fused-ring (bicyclic) bond motifs is 1. The Kier molecular flexibility index (Phi) is 6.17. The van der Waals surface area contributed by atoms with Gasteiger partial charge in [0.2, 0.25) is 15.9 Å². The molecule has 8 nitrogen and oxygen atoms in total. The van der Waals surface area contributed by atoms with Crippen molar-refractivity contribution in [2.45, 2.75) is 26.4 Å². The van der Waals surface area contributed by atoms with Crippen molar-refractivity contribution in [3.8, 4) is 0 Å². The number of nitrogens with zero attached hydrogens (tertiary/aromatic N) is 4. The van der Waals surface area contributed by atoms with Crippen molar-refractivity contribution in [1.82, 2.24) is 19.0 Å². The van der Waals surface area contributed by atoms with Gasteiger partial charge in [0.1, 0.15) is 0 Å². The van der Waals surface area contributed by atoms with Crippen LogP contribution in [0.3, 0.4) is 0 Å². The minimum atomic E-state index is -3.74. The molecule has 0 radical (unpaired) electrons. The number of carbonyl (C=O) groups is 2. The van der Waals surface area contributed by atoms with Gasteiger partial charge in [-0.2, -0.15) is 0 Å². The summed E-state index contributed by atoms with van der Waals surface area (Å²) in [4.78, 5) is 32.8. The van der Waals surface area contributed by atoms with Crippen LogP contribution in [0.1, 0.15) is 29.8 Å². The van der Waals surface area contributed by atoms with Crippen LogP contribution in [-0.2, 0) is 21.4 Å². The van der Waals surface area contributed by atoms with Crippen LogP contribution >= 0.6 is 0 Å². The fourth-order valence-corrected chi connectivity index (χ4v) is 6.03. The number of piperazine rings is 1. The second-order valence-electron chi connectivity index (χ2n) is 9.45. The number of hydrogen-bond acceptors (Lipinski definition) is 6. The molecule has 2 atom stereocenters. The molecule has 0 aliphatic carbocycles. The maximum atomic E-state index is 13.5. The molecule has 0 bridgehead atoms. The Bertz CT molecular complexity index is 1040. The summed E-state index contributed by atoms with van der Waals surface area (Å²) in [5, 5.41) is 0. The maximum absolute atomic E-state index is 13.5. The number of benzene rings is 1. The van der Waals surface area contributed by atoms with Crippen molar-refractivity contribution < 1.29 is 18.0 Å². The lowest BCUT2D eigenvalue weighted by atomic mass is 9.89. The van der Waals surface area contributed by atoms with E-state index in [-0.39, 0.29) is 11.8 Å². The van der Waals surface area contributed by atoms with Crippen LogP contribution < -0.4 is 0 Å². The summed E-state index contributed by atoms with van der Waals surface area (Å²) in [5.74, 6) is -1.29. The third-order valence-electron chi connectivity index (χ3n) is 6.68. The molecule has 4 rings (SSSR count). The standard InChI is InChI=1S/C23H32N4O4S/c1-16(2)20-21-19(27(23(20)29)32(4,30)31)8-9-26(21)22(28)18-7-5-6-17(14-18)15-25-12-10-24(3)11-13-25/h5-8,14,16,20-21H,9-13,15H2,1-4H3/t20-,21+/m1/s1. The van der Waals surface area contributed by atoms with Crippen LogP contribution in [0.5, 0.6) is 0 Å². The van der Waals surface area contributed by atoms with E-state index in [4.69, 9.17) is 0 Å². The normalized spacial score (nSPS) is 24.9. The quantitative estimate of drug-likeness (QED) is 0.657. The summed E-state index contributed by atoms with van der Waals surface area (Å²) in [5.41, 5.74) is 2.06. The first kappa shape index (κ1) is 22.9. The Morgan fingerprint density at radius 2 is 1.84 bits per heavy atom. The van der Waals surface area contributed by atoms with Gasteiger partial charge in [0, 0.05) is 44.8 Å². The zero-order valence-corrected chi connectivity index (χ0v) is 20.0. The summed E-state index contributed by atoms with van der Waals surface area (Å²) in [6.07, 6.45) is 2.75. The van der Waals surface area contributed by atoms with Crippen LogP contribution in [0.2, 0.25) is 0 Å². The monoisotopic (exact) mass is 460 g/mol. The van der Waals surface area contributed by atoms with Crippen molar-refractivity contribution in [3.63, 3.8) is 0 Å². The predicted octanol–water partition coefficient (Wildman–Crippen LogP) is 1.22. The Balaban J connectivity index is 1.56. The average Bonchev–Trinajstić information content (AvgIpc) is 3.25. The van der Waals surface area contributed by atoms with E-state index < -0.39 is 27.9 Å². The number of likely N-dealkylation sites (N-methyl/N-ethyl adjacent to an activating group) is 1. The average molecular weight is 461 g/mol. The van der Waals surface area contributed by atoms with E-state index in [0.29, 0.717) is 17.8 Å². The van der Waals surface area contributed by atoms with Gasteiger partial charge >= 0.3 is 0 Å². The van der Waals surface area contributed by atoms with Gasteiger partial charge in [-0.1, -0.05) is 26.0 Å². The summed E-state index contributed by atoms with van der Waals surface area (Å²) in [6.45, 7) is 8.92. The summed E-state index contributed by atoms with van der Waals surface area (Å²) in [6, 6.07) is 7.10. The Morgan fingerprint density at radius 3 is 2.47 bits per heavy atom. The first-order valence-corrected chi connectivity index (χ1v) is 13.0. The van der Waals surface area contributed by atoms with Gasteiger partial charge in [-0.05, 0) is 36.7 Å². The Labute approximate surface area is 190 Å². The van der Waals surface area contributed by atoms with Gasteiger partial charge in [0.15, 0.2) is 0 Å². The first-order valence-electron chi connectivity index (χ1n) is 11.1. The molecule has 2 amide bonds. The van der Waals surface area contributed by atoms with E-state index in [9.17, 15) is 18.0 Å². The molecule has 3 heterocycles. The highest BCUT2D eigenvalue weighted by Crippen LogP contribution is 2.41. The fourth-order valence-electron chi connectivity index (χ4n) is 5.01. The molecule has 32 heavy (non-hydrogen) atoms. The molecule has 0 aromatic heterocycles. The lowest BCUT2D eigenvalue weighted by Gasteiger charge is -2.32. The predicted molar refractivity (Wildman–Crippen MR) is 122 cm³/mol. The molecule has 0 N–H and O–H groups in total. The number of amides is 2. The van der Waals surface area contributed by atoms with Crippen LogP contribution in [0.4, 0.5) is 0 Å². The number of hydrogen-bond donors (Lipinski definition) is 0. The molecule has 2 fully saturated rings. The number of carbonyl (C=O) groups excluding carboxylic acids is 2. The zero-order valence-electron chi connectivity index (χ0n) is 19.2. The molecule has 0 saturated carbocycles. The Hall–Kier alpha value is -2.23. The van der Waals surface area contributed by atoms with E-state index in [0.717, 1.165) is 48.8 Å². The van der Waals surface area contributed by atoms with Crippen molar-refractivity contribution in [2.24, 2.45) is 11.8 Å². The highest BCUT2D eigenvalue weighted by molar-refractivity contribution is 7.89. The molecular formula is C23H32N4O4S. The van der Waals surface area contributed by atoms with Gasteiger partial charge in [-0.15, -0.1) is 0 Å². The summed E-state index contributed by atoms with van der Waals surface area (Å²) in [7, 11) is -1.62. The molecule has 2 saturated heterocycles. The molecule has 3 aliphatic rings. The van der Waals surface area contributed by atoms with Crippen molar-refractivity contribution in [1.29, 1.82) is 0 Å². The van der Waals surface area contributed by atoms with Crippen LogP contribution in [0.25, 0.3) is 0 Å². The fraction of sp³-hybridized carbons (Fsp3) is 0.565. The van der Waals surface area contributed by atoms with E-state index in [1.54, 1.807) is 17.0 Å². The van der Waals surface area contributed by atoms with Gasteiger partial charge in [-0.3, -0.25) is 14.5 Å². The summed E-state index contributed by atoms with van der Waals surface area (Å²) < 4.78 is 25.5. The third-order valence-corrected chi connectivity index (χ3v) is 7.74. The lowest BCUT2D eigenvalue weighted by molar-refractivity contribution is -0.128. The van der Waals surface area contributed by atoms with E-state index in [1.807, 2.05) is 32.0 Å². The van der Waals surface area contributed by atoms with Crippen LogP contribution in [0.15, 0.2) is 36.0 Å². The molecular weight excluding hydrogens is 428 g/mol. The van der Waals surface area contributed by atoms with Gasteiger partial charge in [0.05, 0.1) is 23.9 Å². The molecule has 1 aromatic rings. The molecule has 0 unspecified atom stereocenters. The van der Waals surface area contributed by atoms with Gasteiger partial charge in [0.25, 0.3) is 5.91 Å². The van der Waals surface area contributed by atoms with Crippen molar-refractivity contribution in [2.75, 3.05) is 46.0 Å². The van der Waals surface area contributed by atoms with Crippen LogP contribution in [-0.4, -0.2) is 91.3 Å². The van der Waals surface area contributed by atoms with Gasteiger partial charge < -0.3 is 9.80 Å². The van der Waals surface area contributed by atoms with E-state index >= 15 is 0 Å². The molecule has 9 heteroatoms. The second kappa shape index (κ2) is 8.61. The number of sulfonamides is 1. The molecule has 174 valence electrons. The highest BCUT2D eigenvalue weighted by Gasteiger charge is 2.54. The summed E-state index contributed by atoms with van der Waals surface area (Å²) >= 11 is 0. The highest BCUT2D eigenvalue weighted by atomic mass is 32.2. The largest absolute Gasteiger partial charge is 0.325 e. The Morgan fingerprint density at radius 1 is 1.16 bits per heavy atom. The SMILES string of the molecule is CC(C)[C@H]1C(=O)N(S(C)(=O)=O)C2=CCN(C(=O)c3cccc(CN4CCN(C)CC4)c3)[C@@H]21. The lowest BCUT2D eigenvalue weighted by Crippen LogP contribution is -2.44. The molecule has 0 spiro atoms. The van der Waals surface area contributed by atoms with Crippen LogP contribution in [0, 0.1) is 11.8 Å². The maximum Gasteiger partial charge on any atom is 0.254 e. The second-order valence-corrected chi connectivity index (χ2v) is 11.3. The molecule has 1 aromatic carbocycles. The topological polar surface area (TPSA) is 81.2 Å². The number of rotatable bonds is 5. The minimum absolute atomic E-state index is 0.0976. The van der Waals surface area contributed by atoms with Gasteiger partial charge in [-0.25, -0.2) is 12.7 Å². The third kappa shape index (κ3) is 4.21. The smallest absolute Gasteiger partial charge is 0.254 e. The molecule has 3 aliphatic heterocycles. The van der Waals surface area contributed by atoms with Crippen molar-refractivity contribution >= 4 is 21.8 Å².